The highest BCUT2D eigenvalue weighted by molar-refractivity contribution is 7.91. The zero-order chi connectivity index (χ0) is 19.7. The lowest BCUT2D eigenvalue weighted by Gasteiger charge is -2.33. The Labute approximate surface area is 164 Å². The molecule has 2 fully saturated rings. The van der Waals surface area contributed by atoms with Crippen LogP contribution in [0.2, 0.25) is 0 Å². The number of nitrogens with zero attached hydrogens (tertiary/aromatic N) is 5. The molecule has 0 N–H and O–H groups in total. The Morgan fingerprint density at radius 3 is 2.50 bits per heavy atom. The van der Waals surface area contributed by atoms with Crippen LogP contribution in [0.25, 0.3) is 11.4 Å². The third-order valence-corrected chi connectivity index (χ3v) is 7.40. The summed E-state index contributed by atoms with van der Waals surface area (Å²) in [5.74, 6) is 0.576. The first kappa shape index (κ1) is 19.0. The fourth-order valence-electron chi connectivity index (χ4n) is 4.21. The second-order valence-electron chi connectivity index (χ2n) is 7.81. The fraction of sp³-hybridized carbons (Fsp3) is 0.579. The van der Waals surface area contributed by atoms with E-state index in [0.717, 1.165) is 36.8 Å². The molecule has 28 heavy (non-hydrogen) atoms. The van der Waals surface area contributed by atoms with Gasteiger partial charge in [0.15, 0.2) is 9.84 Å². The Morgan fingerprint density at radius 1 is 1.14 bits per heavy atom. The number of hydrogen-bond donors (Lipinski definition) is 0. The standard InChI is InChI=1S/C19H25N5O3S/c1-14-6-8-15(9-7-14)19-20-22-23(21-19)12-18(25)24(16-4-2-3-5-16)17-10-11-28(26,27)13-17/h6-9,16-17H,2-5,10-13H2,1H3/t17-/m0/s1. The Balaban J connectivity index is 1.50. The minimum absolute atomic E-state index is 0.0219. The molecule has 1 aromatic heterocycles. The van der Waals surface area contributed by atoms with Gasteiger partial charge in [0.05, 0.1) is 11.5 Å². The minimum atomic E-state index is -3.06. The van der Waals surface area contributed by atoms with Crippen molar-refractivity contribution >= 4 is 15.7 Å². The SMILES string of the molecule is Cc1ccc(-c2nnn(CC(=O)N(C3CCCC3)[C@H]3CCS(=O)(=O)C3)n2)cc1. The van der Waals surface area contributed by atoms with Crippen LogP contribution in [-0.2, 0) is 21.2 Å². The van der Waals surface area contributed by atoms with E-state index in [1.807, 2.05) is 36.1 Å². The average molecular weight is 404 g/mol. The van der Waals surface area contributed by atoms with Crippen molar-refractivity contribution in [3.63, 3.8) is 0 Å². The predicted octanol–water partition coefficient (Wildman–Crippen LogP) is 1.61. The Hall–Kier alpha value is -2.29. The predicted molar refractivity (Wildman–Crippen MR) is 104 cm³/mol. The van der Waals surface area contributed by atoms with E-state index in [0.29, 0.717) is 12.2 Å². The van der Waals surface area contributed by atoms with Crippen LogP contribution in [0, 0.1) is 6.92 Å². The molecule has 2 aromatic rings. The molecule has 9 heteroatoms. The van der Waals surface area contributed by atoms with E-state index in [4.69, 9.17) is 0 Å². The Kier molecular flexibility index (Phi) is 5.18. The molecule has 1 amide bonds. The second-order valence-corrected chi connectivity index (χ2v) is 10.0. The summed E-state index contributed by atoms with van der Waals surface area (Å²) in [4.78, 5) is 16.2. The average Bonchev–Trinajstić information content (AvgIpc) is 3.38. The van der Waals surface area contributed by atoms with Crippen LogP contribution in [-0.4, -0.2) is 63.0 Å². The number of tetrazole rings is 1. The van der Waals surface area contributed by atoms with E-state index in [2.05, 4.69) is 15.4 Å². The number of carbonyl (C=O) groups excluding carboxylic acids is 1. The summed E-state index contributed by atoms with van der Waals surface area (Å²) in [5.41, 5.74) is 1.99. The number of carbonyl (C=O) groups is 1. The maximum atomic E-state index is 13.1. The number of aryl methyl sites for hydroxylation is 1. The quantitative estimate of drug-likeness (QED) is 0.752. The van der Waals surface area contributed by atoms with Gasteiger partial charge in [-0.05, 0) is 31.4 Å². The molecule has 2 heterocycles. The smallest absolute Gasteiger partial charge is 0.246 e. The summed E-state index contributed by atoms with van der Waals surface area (Å²) in [6.45, 7) is 1.99. The maximum Gasteiger partial charge on any atom is 0.246 e. The molecule has 2 aliphatic rings. The van der Waals surface area contributed by atoms with E-state index < -0.39 is 9.84 Å². The van der Waals surface area contributed by atoms with E-state index in [-0.39, 0.29) is 36.0 Å². The summed E-state index contributed by atoms with van der Waals surface area (Å²) >= 11 is 0. The fourth-order valence-corrected chi connectivity index (χ4v) is 5.93. The van der Waals surface area contributed by atoms with Crippen molar-refractivity contribution in [3.05, 3.63) is 29.8 Å². The molecular weight excluding hydrogens is 378 g/mol. The Morgan fingerprint density at radius 2 is 1.86 bits per heavy atom. The first-order valence-corrected chi connectivity index (χ1v) is 11.6. The maximum absolute atomic E-state index is 13.1. The molecule has 0 radical (unpaired) electrons. The first-order chi connectivity index (χ1) is 13.4. The molecule has 1 atom stereocenters. The highest BCUT2D eigenvalue weighted by Gasteiger charge is 2.39. The molecule has 1 aromatic carbocycles. The van der Waals surface area contributed by atoms with E-state index in [1.165, 1.54) is 4.80 Å². The molecule has 4 rings (SSSR count). The third kappa shape index (κ3) is 4.09. The lowest BCUT2D eigenvalue weighted by atomic mass is 10.1. The molecule has 0 unspecified atom stereocenters. The zero-order valence-corrected chi connectivity index (χ0v) is 16.8. The van der Waals surface area contributed by atoms with Gasteiger partial charge in [-0.1, -0.05) is 42.7 Å². The highest BCUT2D eigenvalue weighted by atomic mass is 32.2. The van der Waals surface area contributed by atoms with Crippen LogP contribution in [0.3, 0.4) is 0 Å². The van der Waals surface area contributed by atoms with Gasteiger partial charge in [0.2, 0.25) is 11.7 Å². The van der Waals surface area contributed by atoms with Crippen LogP contribution >= 0.6 is 0 Å². The van der Waals surface area contributed by atoms with Crippen LogP contribution in [0.15, 0.2) is 24.3 Å². The van der Waals surface area contributed by atoms with Crippen molar-refractivity contribution in [3.8, 4) is 11.4 Å². The molecule has 1 aliphatic heterocycles. The van der Waals surface area contributed by atoms with Crippen molar-refractivity contribution in [1.29, 1.82) is 0 Å². The summed E-state index contributed by atoms with van der Waals surface area (Å²) in [5, 5.41) is 12.4. The van der Waals surface area contributed by atoms with Gasteiger partial charge in [-0.25, -0.2) is 8.42 Å². The normalized spacial score (nSPS) is 21.8. The summed E-state index contributed by atoms with van der Waals surface area (Å²) < 4.78 is 23.9. The summed E-state index contributed by atoms with van der Waals surface area (Å²) in [7, 11) is -3.06. The van der Waals surface area contributed by atoms with Crippen molar-refractivity contribution in [2.24, 2.45) is 0 Å². The van der Waals surface area contributed by atoms with E-state index in [9.17, 15) is 13.2 Å². The van der Waals surface area contributed by atoms with Gasteiger partial charge >= 0.3 is 0 Å². The molecular formula is C19H25N5O3S. The van der Waals surface area contributed by atoms with Gasteiger partial charge in [0, 0.05) is 17.6 Å². The van der Waals surface area contributed by atoms with Gasteiger partial charge in [-0.3, -0.25) is 4.79 Å². The molecule has 1 saturated heterocycles. The molecule has 0 spiro atoms. The first-order valence-electron chi connectivity index (χ1n) is 9.78. The largest absolute Gasteiger partial charge is 0.334 e. The number of aromatic nitrogens is 4. The van der Waals surface area contributed by atoms with Crippen LogP contribution in [0.5, 0.6) is 0 Å². The highest BCUT2D eigenvalue weighted by Crippen LogP contribution is 2.29. The summed E-state index contributed by atoms with van der Waals surface area (Å²) in [6, 6.07) is 7.68. The van der Waals surface area contributed by atoms with Gasteiger partial charge in [-0.2, -0.15) is 4.80 Å². The second kappa shape index (κ2) is 7.62. The minimum Gasteiger partial charge on any atom is -0.334 e. The molecule has 8 nitrogen and oxygen atoms in total. The van der Waals surface area contributed by atoms with Gasteiger partial charge in [-0.15, -0.1) is 10.2 Å². The number of rotatable bonds is 5. The van der Waals surface area contributed by atoms with Gasteiger partial charge in [0.1, 0.15) is 6.54 Å². The molecule has 1 saturated carbocycles. The number of benzene rings is 1. The zero-order valence-electron chi connectivity index (χ0n) is 16.0. The van der Waals surface area contributed by atoms with Crippen molar-refractivity contribution < 1.29 is 13.2 Å². The molecule has 1 aliphatic carbocycles. The number of hydrogen-bond acceptors (Lipinski definition) is 6. The van der Waals surface area contributed by atoms with Gasteiger partial charge in [0.25, 0.3) is 0 Å². The molecule has 150 valence electrons. The number of sulfone groups is 1. The van der Waals surface area contributed by atoms with Gasteiger partial charge < -0.3 is 4.90 Å². The van der Waals surface area contributed by atoms with Crippen LogP contribution in [0.4, 0.5) is 0 Å². The Bertz CT molecular complexity index is 948. The van der Waals surface area contributed by atoms with Crippen molar-refractivity contribution in [1.82, 2.24) is 25.1 Å². The topological polar surface area (TPSA) is 98.0 Å². The van der Waals surface area contributed by atoms with Crippen molar-refractivity contribution in [2.75, 3.05) is 11.5 Å². The van der Waals surface area contributed by atoms with E-state index in [1.54, 1.807) is 0 Å². The van der Waals surface area contributed by atoms with Crippen molar-refractivity contribution in [2.45, 2.75) is 57.7 Å². The third-order valence-electron chi connectivity index (χ3n) is 5.65. The van der Waals surface area contributed by atoms with Crippen LogP contribution in [0.1, 0.15) is 37.7 Å². The lowest BCUT2D eigenvalue weighted by molar-refractivity contribution is -0.136. The van der Waals surface area contributed by atoms with Crippen LogP contribution < -0.4 is 0 Å². The summed E-state index contributed by atoms with van der Waals surface area (Å²) in [6.07, 6.45) is 4.54. The number of amides is 1. The lowest BCUT2D eigenvalue weighted by Crippen LogP contribution is -2.48. The van der Waals surface area contributed by atoms with E-state index >= 15 is 0 Å². The molecule has 0 bridgehead atoms. The monoisotopic (exact) mass is 403 g/mol.